The lowest BCUT2D eigenvalue weighted by atomic mass is 10.2. The lowest BCUT2D eigenvalue weighted by Crippen LogP contribution is -2.43. The Kier molecular flexibility index (Phi) is 6.58. The van der Waals surface area contributed by atoms with Gasteiger partial charge in [0, 0.05) is 13.1 Å². The number of methoxy groups -OCH3 is 1. The number of esters is 1. The molecule has 1 saturated heterocycles. The number of primary amides is 1. The molecule has 1 aromatic carbocycles. The first-order valence-electron chi connectivity index (χ1n) is 7.63. The van der Waals surface area contributed by atoms with Crippen LogP contribution in [0.1, 0.15) is 10.4 Å². The molecule has 1 fully saturated rings. The number of benzene rings is 1. The third-order valence-electron chi connectivity index (χ3n) is 3.46. The van der Waals surface area contributed by atoms with Crippen LogP contribution in [0.25, 0.3) is 0 Å². The molecule has 0 saturated carbocycles. The summed E-state index contributed by atoms with van der Waals surface area (Å²) in [5.41, 5.74) is 5.10. The molecular formula is C16H20N2O7. The number of carbonyl (C=O) groups is 3. The molecule has 0 aromatic heterocycles. The van der Waals surface area contributed by atoms with E-state index in [9.17, 15) is 14.4 Å². The molecule has 25 heavy (non-hydrogen) atoms. The molecule has 0 bridgehead atoms. The topological polar surface area (TPSA) is 117 Å². The standard InChI is InChI=1S/C16H20N2O7/c1-22-13-8-11(16(21)25-9-14(17)19)2-3-12(13)24-10-15(20)18-4-6-23-7-5-18/h2-3,8H,4-7,9-10H2,1H3,(H2,17,19). The number of carbonyl (C=O) groups excluding carboxylic acids is 3. The lowest BCUT2D eigenvalue weighted by Gasteiger charge is -2.26. The number of hydrogen-bond donors (Lipinski definition) is 1. The van der Waals surface area contributed by atoms with Crippen molar-refractivity contribution in [1.29, 1.82) is 0 Å². The summed E-state index contributed by atoms with van der Waals surface area (Å²) in [6.45, 7) is 1.43. The van der Waals surface area contributed by atoms with Crippen LogP contribution in [0.2, 0.25) is 0 Å². The predicted octanol–water partition coefficient (Wildman–Crippen LogP) is -0.425. The normalized spacial score (nSPS) is 13.9. The fourth-order valence-electron chi connectivity index (χ4n) is 2.18. The van der Waals surface area contributed by atoms with Crippen LogP contribution < -0.4 is 15.2 Å². The van der Waals surface area contributed by atoms with Crippen molar-refractivity contribution in [2.75, 3.05) is 46.6 Å². The maximum Gasteiger partial charge on any atom is 0.338 e. The van der Waals surface area contributed by atoms with E-state index in [-0.39, 0.29) is 23.8 Å². The Morgan fingerprint density at radius 1 is 1.16 bits per heavy atom. The van der Waals surface area contributed by atoms with Crippen LogP contribution in [0, 0.1) is 0 Å². The first kappa shape index (κ1) is 18.5. The van der Waals surface area contributed by atoms with Crippen molar-refractivity contribution < 1.29 is 33.3 Å². The zero-order valence-electron chi connectivity index (χ0n) is 13.9. The molecule has 0 atom stereocenters. The summed E-state index contributed by atoms with van der Waals surface area (Å²) in [5, 5.41) is 0. The van der Waals surface area contributed by atoms with Gasteiger partial charge in [0.2, 0.25) is 0 Å². The van der Waals surface area contributed by atoms with Crippen molar-refractivity contribution in [2.45, 2.75) is 0 Å². The van der Waals surface area contributed by atoms with Gasteiger partial charge in [-0.2, -0.15) is 0 Å². The molecule has 2 N–H and O–H groups in total. The van der Waals surface area contributed by atoms with Crippen LogP contribution in [0.3, 0.4) is 0 Å². The predicted molar refractivity (Wildman–Crippen MR) is 85.4 cm³/mol. The van der Waals surface area contributed by atoms with Gasteiger partial charge in [-0.15, -0.1) is 0 Å². The fraction of sp³-hybridized carbons (Fsp3) is 0.438. The molecule has 0 unspecified atom stereocenters. The van der Waals surface area contributed by atoms with E-state index in [1.807, 2.05) is 0 Å². The zero-order chi connectivity index (χ0) is 18.2. The zero-order valence-corrected chi connectivity index (χ0v) is 13.9. The SMILES string of the molecule is COc1cc(C(=O)OCC(N)=O)ccc1OCC(=O)N1CCOCC1. The quantitative estimate of drug-likeness (QED) is 0.662. The van der Waals surface area contributed by atoms with Gasteiger partial charge in [0.05, 0.1) is 25.9 Å². The number of nitrogens with two attached hydrogens (primary N) is 1. The summed E-state index contributed by atoms with van der Waals surface area (Å²) in [7, 11) is 1.41. The molecule has 0 spiro atoms. The van der Waals surface area contributed by atoms with Crippen molar-refractivity contribution in [3.63, 3.8) is 0 Å². The van der Waals surface area contributed by atoms with Gasteiger partial charge in [-0.05, 0) is 18.2 Å². The molecule has 2 rings (SSSR count). The minimum absolute atomic E-state index is 0.151. The third kappa shape index (κ3) is 5.35. The Balaban J connectivity index is 1.97. The van der Waals surface area contributed by atoms with Gasteiger partial charge in [-0.1, -0.05) is 0 Å². The molecule has 9 heteroatoms. The van der Waals surface area contributed by atoms with Gasteiger partial charge >= 0.3 is 5.97 Å². The highest BCUT2D eigenvalue weighted by atomic mass is 16.5. The lowest BCUT2D eigenvalue weighted by molar-refractivity contribution is -0.137. The number of hydrogen-bond acceptors (Lipinski definition) is 7. The molecule has 0 aliphatic carbocycles. The summed E-state index contributed by atoms with van der Waals surface area (Å²) in [4.78, 5) is 36.2. The highest BCUT2D eigenvalue weighted by molar-refractivity contribution is 5.91. The Labute approximate surface area is 144 Å². The van der Waals surface area contributed by atoms with E-state index in [4.69, 9.17) is 24.7 Å². The first-order chi connectivity index (χ1) is 12.0. The summed E-state index contributed by atoms with van der Waals surface area (Å²) >= 11 is 0. The minimum Gasteiger partial charge on any atom is -0.493 e. The molecule has 2 amide bonds. The van der Waals surface area contributed by atoms with Gasteiger partial charge in [0.25, 0.3) is 11.8 Å². The average Bonchev–Trinajstić information content (AvgIpc) is 2.64. The minimum atomic E-state index is -0.748. The van der Waals surface area contributed by atoms with E-state index in [0.717, 1.165) is 0 Å². The molecular weight excluding hydrogens is 332 g/mol. The number of morpholine rings is 1. The summed E-state index contributed by atoms with van der Waals surface area (Å²) in [6, 6.07) is 4.34. The second-order valence-corrected chi connectivity index (χ2v) is 5.19. The summed E-state index contributed by atoms with van der Waals surface area (Å²) in [5.74, 6) is -1.04. The molecule has 136 valence electrons. The number of rotatable bonds is 7. The van der Waals surface area contributed by atoms with Crippen LogP contribution in [-0.4, -0.2) is 69.3 Å². The molecule has 9 nitrogen and oxygen atoms in total. The Hall–Kier alpha value is -2.81. The molecule has 1 aliphatic heterocycles. The smallest absolute Gasteiger partial charge is 0.338 e. The first-order valence-corrected chi connectivity index (χ1v) is 7.63. The largest absolute Gasteiger partial charge is 0.493 e. The number of amides is 2. The highest BCUT2D eigenvalue weighted by Gasteiger charge is 2.19. The van der Waals surface area contributed by atoms with Crippen LogP contribution in [0.5, 0.6) is 11.5 Å². The van der Waals surface area contributed by atoms with Crippen molar-refractivity contribution in [3.05, 3.63) is 23.8 Å². The van der Waals surface area contributed by atoms with Gasteiger partial charge < -0.3 is 29.6 Å². The van der Waals surface area contributed by atoms with Gasteiger partial charge in [-0.25, -0.2) is 4.79 Å². The number of ether oxygens (including phenoxy) is 4. The Bertz CT molecular complexity index is 641. The van der Waals surface area contributed by atoms with E-state index in [0.29, 0.717) is 32.1 Å². The van der Waals surface area contributed by atoms with Crippen LogP contribution in [-0.2, 0) is 19.1 Å². The van der Waals surface area contributed by atoms with E-state index in [2.05, 4.69) is 0 Å². The van der Waals surface area contributed by atoms with E-state index < -0.39 is 18.5 Å². The van der Waals surface area contributed by atoms with Crippen LogP contribution in [0.15, 0.2) is 18.2 Å². The van der Waals surface area contributed by atoms with Crippen molar-refractivity contribution >= 4 is 17.8 Å². The van der Waals surface area contributed by atoms with Gasteiger partial charge in [0.1, 0.15) is 0 Å². The average molecular weight is 352 g/mol. The van der Waals surface area contributed by atoms with E-state index >= 15 is 0 Å². The molecule has 0 radical (unpaired) electrons. The maximum atomic E-state index is 12.1. The van der Waals surface area contributed by atoms with Crippen LogP contribution >= 0.6 is 0 Å². The van der Waals surface area contributed by atoms with E-state index in [1.54, 1.807) is 4.90 Å². The number of nitrogens with zero attached hydrogens (tertiary/aromatic N) is 1. The summed E-state index contributed by atoms with van der Waals surface area (Å²) < 4.78 is 20.6. The van der Waals surface area contributed by atoms with Crippen molar-refractivity contribution in [3.8, 4) is 11.5 Å². The summed E-state index contributed by atoms with van der Waals surface area (Å²) in [6.07, 6.45) is 0. The third-order valence-corrected chi connectivity index (χ3v) is 3.46. The fourth-order valence-corrected chi connectivity index (χ4v) is 2.18. The molecule has 1 heterocycles. The van der Waals surface area contributed by atoms with E-state index in [1.165, 1.54) is 25.3 Å². The Morgan fingerprint density at radius 2 is 1.88 bits per heavy atom. The Morgan fingerprint density at radius 3 is 2.52 bits per heavy atom. The second-order valence-electron chi connectivity index (χ2n) is 5.19. The van der Waals surface area contributed by atoms with Crippen molar-refractivity contribution in [1.82, 2.24) is 4.90 Å². The second kappa shape index (κ2) is 8.88. The highest BCUT2D eigenvalue weighted by Crippen LogP contribution is 2.28. The van der Waals surface area contributed by atoms with Gasteiger partial charge in [-0.3, -0.25) is 9.59 Å². The molecule has 1 aliphatic rings. The van der Waals surface area contributed by atoms with Crippen molar-refractivity contribution in [2.24, 2.45) is 5.73 Å². The maximum absolute atomic E-state index is 12.1. The van der Waals surface area contributed by atoms with Crippen LogP contribution in [0.4, 0.5) is 0 Å². The monoisotopic (exact) mass is 352 g/mol. The van der Waals surface area contributed by atoms with Gasteiger partial charge in [0.15, 0.2) is 24.7 Å². The molecule has 1 aromatic rings.